The van der Waals surface area contributed by atoms with Gasteiger partial charge < -0.3 is 4.90 Å². The lowest BCUT2D eigenvalue weighted by atomic mass is 10.2. The highest BCUT2D eigenvalue weighted by molar-refractivity contribution is 5.76. The van der Waals surface area contributed by atoms with Crippen molar-refractivity contribution in [3.05, 3.63) is 0 Å². The summed E-state index contributed by atoms with van der Waals surface area (Å²) in [4.78, 5) is 13.7. The molecule has 0 saturated heterocycles. The molecule has 0 bridgehead atoms. The second kappa shape index (κ2) is 6.96. The highest BCUT2D eigenvalue weighted by Gasteiger charge is 2.25. The van der Waals surface area contributed by atoms with Gasteiger partial charge in [0.25, 0.3) is 0 Å². The van der Waals surface area contributed by atoms with Gasteiger partial charge in [0.15, 0.2) is 0 Å². The van der Waals surface area contributed by atoms with Crippen LogP contribution in [0.4, 0.5) is 0 Å². The maximum atomic E-state index is 11.8. The lowest BCUT2D eigenvalue weighted by Gasteiger charge is -2.19. The number of unbranched alkanes of at least 4 members (excludes halogenated alkanes) is 2. The van der Waals surface area contributed by atoms with Crippen LogP contribution in [0.25, 0.3) is 0 Å². The summed E-state index contributed by atoms with van der Waals surface area (Å²) < 4.78 is 0. The Labute approximate surface area is 98.4 Å². The van der Waals surface area contributed by atoms with Crippen molar-refractivity contribution in [2.75, 3.05) is 13.1 Å². The Balaban J connectivity index is 2.23. The summed E-state index contributed by atoms with van der Waals surface area (Å²) in [6.45, 7) is 1.29. The Hall–Kier alpha value is -1.41. The van der Waals surface area contributed by atoms with Crippen molar-refractivity contribution >= 4 is 5.91 Å². The van der Waals surface area contributed by atoms with Gasteiger partial charge in [-0.1, -0.05) is 5.92 Å². The number of hydrogen-bond acceptors (Lipinski definition) is 1. The molecule has 0 aromatic rings. The molecule has 86 valence electrons. The van der Waals surface area contributed by atoms with Crippen LogP contribution in [0.5, 0.6) is 0 Å². The molecule has 1 amide bonds. The predicted octanol–water partition coefficient (Wildman–Crippen LogP) is 2.05. The molecule has 0 aromatic heterocycles. The molecule has 0 spiro atoms. The zero-order chi connectivity index (χ0) is 11.8. The summed E-state index contributed by atoms with van der Waals surface area (Å²) in [5.41, 5.74) is 0. The van der Waals surface area contributed by atoms with Gasteiger partial charge in [0.2, 0.25) is 5.91 Å². The summed E-state index contributed by atoms with van der Waals surface area (Å²) in [5.74, 6) is 6.02. The normalized spacial score (nSPS) is 13.9. The van der Waals surface area contributed by atoms with Gasteiger partial charge in [-0.2, -0.15) is 0 Å². The topological polar surface area (TPSA) is 20.3 Å². The Kier molecular flexibility index (Phi) is 5.51. The Morgan fingerprint density at radius 3 is 2.56 bits per heavy atom. The molecule has 0 unspecified atom stereocenters. The van der Waals surface area contributed by atoms with Gasteiger partial charge >= 0.3 is 0 Å². The predicted molar refractivity (Wildman–Crippen MR) is 65.4 cm³/mol. The van der Waals surface area contributed by atoms with Crippen LogP contribution >= 0.6 is 0 Å². The molecule has 0 radical (unpaired) electrons. The summed E-state index contributed by atoms with van der Waals surface area (Å²) in [6.07, 6.45) is 16.0. The molecule has 1 aliphatic rings. The third kappa shape index (κ3) is 4.89. The van der Waals surface area contributed by atoms with E-state index in [4.69, 9.17) is 12.8 Å². The van der Waals surface area contributed by atoms with E-state index in [0.717, 1.165) is 25.8 Å². The first-order valence-electron chi connectivity index (χ1n) is 5.92. The number of amides is 1. The zero-order valence-corrected chi connectivity index (χ0v) is 9.74. The molecule has 16 heavy (non-hydrogen) atoms. The monoisotopic (exact) mass is 217 g/mol. The molecule has 0 heterocycles. The zero-order valence-electron chi connectivity index (χ0n) is 9.74. The first-order valence-corrected chi connectivity index (χ1v) is 5.92. The summed E-state index contributed by atoms with van der Waals surface area (Å²) in [7, 11) is 0. The maximum Gasteiger partial charge on any atom is 0.223 e. The first kappa shape index (κ1) is 12.7. The number of carbonyl (C=O) groups is 1. The Bertz CT molecular complexity index is 304. The van der Waals surface area contributed by atoms with Gasteiger partial charge in [-0.15, -0.1) is 18.8 Å². The summed E-state index contributed by atoms with van der Waals surface area (Å²) in [6, 6.07) is 0. The van der Waals surface area contributed by atoms with Crippen molar-refractivity contribution in [1.82, 2.24) is 4.90 Å². The molecular weight excluding hydrogens is 198 g/mol. The lowest BCUT2D eigenvalue weighted by molar-refractivity contribution is -0.130. The summed E-state index contributed by atoms with van der Waals surface area (Å²) in [5, 5.41) is 0. The average molecular weight is 217 g/mol. The van der Waals surface area contributed by atoms with Crippen LogP contribution in [0, 0.1) is 30.6 Å². The van der Waals surface area contributed by atoms with Crippen LogP contribution in [-0.4, -0.2) is 23.9 Å². The third-order valence-electron chi connectivity index (χ3n) is 2.77. The Morgan fingerprint density at radius 2 is 2.00 bits per heavy atom. The van der Waals surface area contributed by atoms with E-state index in [9.17, 15) is 4.79 Å². The minimum atomic E-state index is 0.182. The van der Waals surface area contributed by atoms with Gasteiger partial charge in [-0.25, -0.2) is 0 Å². The van der Waals surface area contributed by atoms with E-state index in [1.165, 1.54) is 12.8 Å². The number of carbonyl (C=O) groups excluding carboxylic acids is 1. The SMILES string of the molecule is C#CCCCCC(=O)N(CC#C)CC1CC1. The van der Waals surface area contributed by atoms with Crippen molar-refractivity contribution in [1.29, 1.82) is 0 Å². The molecule has 1 aliphatic carbocycles. The van der Waals surface area contributed by atoms with Gasteiger partial charge in [0.1, 0.15) is 0 Å². The van der Waals surface area contributed by atoms with E-state index in [2.05, 4.69) is 11.8 Å². The standard InChI is InChI=1S/C14H19NO/c1-3-5-6-7-8-14(16)15(11-4-2)12-13-9-10-13/h1-2,13H,5-12H2. The van der Waals surface area contributed by atoms with Gasteiger partial charge in [0, 0.05) is 19.4 Å². The van der Waals surface area contributed by atoms with Crippen LogP contribution in [0.15, 0.2) is 0 Å². The molecule has 1 saturated carbocycles. The number of rotatable bonds is 7. The highest BCUT2D eigenvalue weighted by atomic mass is 16.2. The van der Waals surface area contributed by atoms with E-state index < -0.39 is 0 Å². The van der Waals surface area contributed by atoms with Gasteiger partial charge in [-0.05, 0) is 31.6 Å². The molecule has 0 N–H and O–H groups in total. The highest BCUT2D eigenvalue weighted by Crippen LogP contribution is 2.29. The molecule has 2 nitrogen and oxygen atoms in total. The van der Waals surface area contributed by atoms with Gasteiger partial charge in [0.05, 0.1) is 6.54 Å². The fraction of sp³-hybridized carbons (Fsp3) is 0.643. The fourth-order valence-electron chi connectivity index (χ4n) is 1.64. The van der Waals surface area contributed by atoms with Crippen molar-refractivity contribution in [3.8, 4) is 24.7 Å². The molecule has 1 rings (SSSR count). The van der Waals surface area contributed by atoms with Crippen LogP contribution in [-0.2, 0) is 4.79 Å². The third-order valence-corrected chi connectivity index (χ3v) is 2.77. The summed E-state index contributed by atoms with van der Waals surface area (Å²) >= 11 is 0. The largest absolute Gasteiger partial charge is 0.331 e. The smallest absolute Gasteiger partial charge is 0.223 e. The molecule has 2 heteroatoms. The molecule has 0 aromatic carbocycles. The fourth-order valence-corrected chi connectivity index (χ4v) is 1.64. The second-order valence-corrected chi connectivity index (χ2v) is 4.33. The van der Waals surface area contributed by atoms with E-state index in [-0.39, 0.29) is 5.91 Å². The molecule has 0 aliphatic heterocycles. The minimum absolute atomic E-state index is 0.182. The van der Waals surface area contributed by atoms with E-state index in [0.29, 0.717) is 18.9 Å². The van der Waals surface area contributed by atoms with Crippen LogP contribution < -0.4 is 0 Å². The first-order chi connectivity index (χ1) is 7.77. The number of nitrogens with zero attached hydrogens (tertiary/aromatic N) is 1. The molecular formula is C14H19NO. The van der Waals surface area contributed by atoms with E-state index >= 15 is 0 Å². The molecule has 1 fully saturated rings. The Morgan fingerprint density at radius 1 is 1.25 bits per heavy atom. The van der Waals surface area contributed by atoms with Crippen molar-refractivity contribution in [3.63, 3.8) is 0 Å². The van der Waals surface area contributed by atoms with Crippen LogP contribution in [0.3, 0.4) is 0 Å². The van der Waals surface area contributed by atoms with Crippen molar-refractivity contribution in [2.24, 2.45) is 5.92 Å². The van der Waals surface area contributed by atoms with Crippen molar-refractivity contribution in [2.45, 2.75) is 38.5 Å². The second-order valence-electron chi connectivity index (χ2n) is 4.33. The molecule has 0 atom stereocenters. The van der Waals surface area contributed by atoms with Crippen LogP contribution in [0.2, 0.25) is 0 Å². The minimum Gasteiger partial charge on any atom is -0.331 e. The lowest BCUT2D eigenvalue weighted by Crippen LogP contribution is -2.33. The number of hydrogen-bond donors (Lipinski definition) is 0. The van der Waals surface area contributed by atoms with E-state index in [1.54, 1.807) is 0 Å². The maximum absolute atomic E-state index is 11.8. The van der Waals surface area contributed by atoms with Gasteiger partial charge in [-0.3, -0.25) is 4.79 Å². The van der Waals surface area contributed by atoms with E-state index in [1.807, 2.05) is 4.90 Å². The quantitative estimate of drug-likeness (QED) is 0.472. The van der Waals surface area contributed by atoms with Crippen molar-refractivity contribution < 1.29 is 4.79 Å². The number of terminal acetylenes is 2. The average Bonchev–Trinajstić information content (AvgIpc) is 3.07. The van der Waals surface area contributed by atoms with Crippen LogP contribution in [0.1, 0.15) is 38.5 Å².